The molecule has 0 fully saturated rings. The van der Waals surface area contributed by atoms with Gasteiger partial charge in [0.15, 0.2) is 8.07 Å². The Morgan fingerprint density at radius 1 is 0.195 bits per heavy atom. The number of benzene rings is 12. The lowest BCUT2D eigenvalue weighted by Gasteiger charge is -2.34. The van der Waals surface area contributed by atoms with Gasteiger partial charge in [-0.1, -0.05) is 206 Å². The van der Waals surface area contributed by atoms with Crippen molar-refractivity contribution < 1.29 is 0 Å². The first-order valence-corrected chi connectivity index (χ1v) is 28.6. The average molecular weight is 997 g/mol. The van der Waals surface area contributed by atoms with Crippen LogP contribution in [0.3, 0.4) is 0 Å². The number of hydrogen-bond acceptors (Lipinski definition) is 0. The molecular formula is C72H48N4Si. The van der Waals surface area contributed by atoms with Crippen LogP contribution >= 0.6 is 0 Å². The van der Waals surface area contributed by atoms with Crippen LogP contribution in [0.4, 0.5) is 0 Å². The van der Waals surface area contributed by atoms with Crippen LogP contribution in [0.25, 0.3) is 110 Å². The molecule has 0 unspecified atom stereocenters. The van der Waals surface area contributed by atoms with E-state index in [0.29, 0.717) is 0 Å². The molecule has 0 spiro atoms. The number of fused-ring (bicyclic) bond motifs is 12. The molecule has 0 amide bonds. The Kier molecular flexibility index (Phi) is 9.62. The Morgan fingerprint density at radius 3 is 1.00 bits per heavy atom. The van der Waals surface area contributed by atoms with Gasteiger partial charge < -0.3 is 18.3 Å². The van der Waals surface area contributed by atoms with Crippen LogP contribution in [-0.2, 0) is 0 Å². The minimum Gasteiger partial charge on any atom is -0.309 e. The summed E-state index contributed by atoms with van der Waals surface area (Å²) in [5.74, 6) is 0. The van der Waals surface area contributed by atoms with Gasteiger partial charge in [0.05, 0.1) is 49.8 Å². The molecule has 0 saturated carbocycles. The third kappa shape index (κ3) is 6.32. The third-order valence-corrected chi connectivity index (χ3v) is 21.3. The van der Waals surface area contributed by atoms with Gasteiger partial charge in [0.1, 0.15) is 0 Å². The number of nitrogens with zero attached hydrogens (tertiary/aromatic N) is 4. The van der Waals surface area contributed by atoms with Gasteiger partial charge in [0, 0.05) is 60.2 Å². The summed E-state index contributed by atoms with van der Waals surface area (Å²) in [6, 6.07) is 108. The highest BCUT2D eigenvalue weighted by atomic mass is 28.3. The molecule has 12 aromatic carbocycles. The molecule has 0 N–H and O–H groups in total. The first-order chi connectivity index (χ1) is 38.2. The fraction of sp³-hybridized carbons (Fsp3) is 0. The monoisotopic (exact) mass is 996 g/mol. The van der Waals surface area contributed by atoms with Gasteiger partial charge in [-0.25, -0.2) is 0 Å². The molecule has 360 valence electrons. The van der Waals surface area contributed by atoms with E-state index in [2.05, 4.69) is 309 Å². The van der Waals surface area contributed by atoms with E-state index < -0.39 is 8.07 Å². The van der Waals surface area contributed by atoms with Crippen LogP contribution < -0.4 is 20.7 Å². The van der Waals surface area contributed by atoms with Gasteiger partial charge in [-0.2, -0.15) is 0 Å². The summed E-state index contributed by atoms with van der Waals surface area (Å²) < 4.78 is 9.94. The van der Waals surface area contributed by atoms with Crippen LogP contribution in [0.5, 0.6) is 0 Å². The second-order valence-electron chi connectivity index (χ2n) is 20.4. The van der Waals surface area contributed by atoms with Crippen molar-refractivity contribution in [1.29, 1.82) is 0 Å². The number of para-hydroxylation sites is 6. The second-order valence-corrected chi connectivity index (χ2v) is 24.2. The number of rotatable bonds is 8. The summed E-state index contributed by atoms with van der Waals surface area (Å²) in [7, 11) is -2.81. The van der Waals surface area contributed by atoms with E-state index in [1.165, 1.54) is 91.4 Å². The zero-order valence-corrected chi connectivity index (χ0v) is 43.0. The van der Waals surface area contributed by atoms with Gasteiger partial charge in [-0.3, -0.25) is 0 Å². The van der Waals surface area contributed by atoms with Gasteiger partial charge in [0.2, 0.25) is 0 Å². The summed E-state index contributed by atoms with van der Waals surface area (Å²) in [6.45, 7) is 0. The minimum absolute atomic E-state index is 1.11. The standard InChI is InChI=1S/C72H48N4Si/c1-4-23-52(24-5-1)77(53-25-6-2-7-26-53,54-27-8-3-9-28-54)55-29-20-22-49(46-55)73-66-38-17-14-34-60(66)62-48-51(43-44-69(62)73)75-70-45-42-50(74-64-36-15-10-30-56(64)57-31-11-16-37-65(57)74)47-63(70)61-35-21-41-71(72(61)75)76-67-39-18-12-32-58(67)59-33-13-19-40-68(59)76/h1-48H. The molecule has 0 atom stereocenters. The van der Waals surface area contributed by atoms with Crippen molar-refractivity contribution in [3.05, 3.63) is 291 Å². The van der Waals surface area contributed by atoms with Crippen molar-refractivity contribution in [3.63, 3.8) is 0 Å². The zero-order chi connectivity index (χ0) is 50.6. The van der Waals surface area contributed by atoms with Crippen molar-refractivity contribution in [2.24, 2.45) is 0 Å². The molecule has 0 bridgehead atoms. The molecule has 4 nitrogen and oxygen atoms in total. The van der Waals surface area contributed by atoms with Crippen LogP contribution in [0, 0.1) is 0 Å². The summed E-state index contributed by atoms with van der Waals surface area (Å²) in [4.78, 5) is 0. The topological polar surface area (TPSA) is 19.7 Å². The van der Waals surface area contributed by atoms with E-state index in [0.717, 1.165) is 39.3 Å². The quantitative estimate of drug-likeness (QED) is 0.107. The fourth-order valence-electron chi connectivity index (χ4n) is 13.3. The highest BCUT2D eigenvalue weighted by molar-refractivity contribution is 7.19. The molecule has 0 aliphatic rings. The van der Waals surface area contributed by atoms with E-state index in [1.807, 2.05) is 0 Å². The maximum absolute atomic E-state index is 2.81. The molecule has 0 aliphatic carbocycles. The Hall–Kier alpha value is -9.94. The third-order valence-electron chi connectivity index (χ3n) is 16.5. The van der Waals surface area contributed by atoms with Gasteiger partial charge in [0.25, 0.3) is 0 Å². The maximum Gasteiger partial charge on any atom is 0.179 e. The normalized spacial score (nSPS) is 12.2. The minimum atomic E-state index is -2.81. The predicted molar refractivity (Wildman–Crippen MR) is 327 cm³/mol. The summed E-state index contributed by atoms with van der Waals surface area (Å²) in [5.41, 5.74) is 13.9. The van der Waals surface area contributed by atoms with Gasteiger partial charge >= 0.3 is 0 Å². The van der Waals surface area contributed by atoms with Gasteiger partial charge in [-0.15, -0.1) is 0 Å². The van der Waals surface area contributed by atoms with Gasteiger partial charge in [-0.05, 0) is 106 Å². The number of hydrogen-bond donors (Lipinski definition) is 0. The molecule has 4 aromatic heterocycles. The van der Waals surface area contributed by atoms with Crippen LogP contribution in [0.1, 0.15) is 0 Å². The molecule has 0 saturated heterocycles. The zero-order valence-electron chi connectivity index (χ0n) is 42.0. The van der Waals surface area contributed by atoms with Crippen LogP contribution in [-0.4, -0.2) is 26.3 Å². The molecule has 0 aliphatic heterocycles. The van der Waals surface area contributed by atoms with E-state index in [1.54, 1.807) is 0 Å². The van der Waals surface area contributed by atoms with Crippen molar-refractivity contribution in [1.82, 2.24) is 18.3 Å². The predicted octanol–water partition coefficient (Wildman–Crippen LogP) is 15.5. The maximum atomic E-state index is 2.53. The van der Waals surface area contributed by atoms with E-state index in [9.17, 15) is 0 Å². The molecule has 0 radical (unpaired) electrons. The lowest BCUT2D eigenvalue weighted by molar-refractivity contribution is 1.13. The Morgan fingerprint density at radius 2 is 0.519 bits per heavy atom. The van der Waals surface area contributed by atoms with Crippen molar-refractivity contribution in [2.45, 2.75) is 0 Å². The Labute approximate surface area is 445 Å². The molecule has 16 aromatic rings. The fourth-order valence-corrected chi connectivity index (χ4v) is 18.1. The average Bonchev–Trinajstić information content (AvgIpc) is 4.34. The number of aromatic nitrogens is 4. The molecular weight excluding hydrogens is 949 g/mol. The molecule has 4 heterocycles. The largest absolute Gasteiger partial charge is 0.309 e. The first-order valence-electron chi connectivity index (χ1n) is 26.6. The second kappa shape index (κ2) is 17.0. The van der Waals surface area contributed by atoms with Crippen molar-refractivity contribution in [2.75, 3.05) is 0 Å². The lowest BCUT2D eigenvalue weighted by atomic mass is 10.1. The summed E-state index contributed by atoms with van der Waals surface area (Å²) in [6.07, 6.45) is 0. The van der Waals surface area contributed by atoms with E-state index >= 15 is 0 Å². The van der Waals surface area contributed by atoms with Crippen LogP contribution in [0.15, 0.2) is 291 Å². The molecule has 5 heteroatoms. The van der Waals surface area contributed by atoms with E-state index in [4.69, 9.17) is 0 Å². The smallest absolute Gasteiger partial charge is 0.179 e. The molecule has 77 heavy (non-hydrogen) atoms. The summed E-state index contributed by atoms with van der Waals surface area (Å²) >= 11 is 0. The Balaban J connectivity index is 0.958. The van der Waals surface area contributed by atoms with E-state index in [-0.39, 0.29) is 0 Å². The van der Waals surface area contributed by atoms with Crippen molar-refractivity contribution >= 4 is 116 Å². The first kappa shape index (κ1) is 43.5. The lowest BCUT2D eigenvalue weighted by Crippen LogP contribution is -2.74. The SMILES string of the molecule is c1ccc([Si](c2ccccc2)(c2ccccc2)c2cccc(-n3c4ccccc4c4cc(-n5c6ccc(-n7c8ccccc8c8ccccc87)cc6c6cccc(-n7c8ccccc8c8ccccc87)c65)ccc43)c2)cc1. The van der Waals surface area contributed by atoms with Crippen molar-refractivity contribution in [3.8, 4) is 22.7 Å². The Bertz CT molecular complexity index is 4780. The highest BCUT2D eigenvalue weighted by Gasteiger charge is 2.41. The van der Waals surface area contributed by atoms with Crippen LogP contribution in [0.2, 0.25) is 0 Å². The molecule has 16 rings (SSSR count). The highest BCUT2D eigenvalue weighted by Crippen LogP contribution is 2.43. The summed E-state index contributed by atoms with van der Waals surface area (Å²) in [5, 5.41) is 15.2.